The summed E-state index contributed by atoms with van der Waals surface area (Å²) >= 11 is 0. The van der Waals surface area contributed by atoms with Crippen LogP contribution in [-0.4, -0.2) is 24.5 Å². The van der Waals surface area contributed by atoms with E-state index in [-0.39, 0.29) is 18.3 Å². The number of amides is 1. The maximum Gasteiger partial charge on any atom is 0.336 e. The number of furan rings is 1. The van der Waals surface area contributed by atoms with Gasteiger partial charge in [-0.05, 0) is 37.5 Å². The molecule has 1 aromatic carbocycles. The van der Waals surface area contributed by atoms with Gasteiger partial charge in [-0.15, -0.1) is 0 Å². The molecule has 0 fully saturated rings. The first kappa shape index (κ1) is 18.7. The summed E-state index contributed by atoms with van der Waals surface area (Å²) in [4.78, 5) is 36.3. The molecule has 1 atom stereocenters. The number of benzene rings is 1. The van der Waals surface area contributed by atoms with Crippen molar-refractivity contribution in [1.82, 2.24) is 5.32 Å². The first-order valence-corrected chi connectivity index (χ1v) is 8.83. The molecule has 0 spiro atoms. The molecule has 3 rings (SSSR count). The van der Waals surface area contributed by atoms with Gasteiger partial charge in [-0.2, -0.15) is 0 Å². The van der Waals surface area contributed by atoms with Crippen molar-refractivity contribution in [3.8, 4) is 0 Å². The van der Waals surface area contributed by atoms with Gasteiger partial charge in [0.15, 0.2) is 5.76 Å². The summed E-state index contributed by atoms with van der Waals surface area (Å²) in [5, 5.41) is 3.91. The van der Waals surface area contributed by atoms with Gasteiger partial charge in [-0.1, -0.05) is 13.8 Å². The van der Waals surface area contributed by atoms with Crippen molar-refractivity contribution in [1.29, 1.82) is 0 Å². The van der Waals surface area contributed by atoms with Crippen LogP contribution in [0.25, 0.3) is 21.9 Å². The molecule has 3 aromatic rings. The number of carbonyl (C=O) groups excluding carboxylic acids is 2. The van der Waals surface area contributed by atoms with Gasteiger partial charge in [0.05, 0.1) is 12.0 Å². The number of carbonyl (C=O) groups is 2. The standard InChI is InChI=1S/C20H21NO6/c1-4-25-20(24)14(9-11(2)3)21-19(23)16-10-13-15(26-16)7-5-12-6-8-17(22)27-18(12)13/h5-8,10-11,14H,4,9H2,1-3H3,(H,21,23)/t14-/m0/s1. The topological polar surface area (TPSA) is 98.8 Å². The summed E-state index contributed by atoms with van der Waals surface area (Å²) in [7, 11) is 0. The molecule has 7 nitrogen and oxygen atoms in total. The Morgan fingerprint density at radius 3 is 2.59 bits per heavy atom. The van der Waals surface area contributed by atoms with Crippen LogP contribution in [0.5, 0.6) is 0 Å². The number of hydrogen-bond acceptors (Lipinski definition) is 6. The predicted octanol–water partition coefficient (Wildman–Crippen LogP) is 3.25. The molecule has 0 aliphatic heterocycles. The minimum Gasteiger partial charge on any atom is -0.464 e. The van der Waals surface area contributed by atoms with Crippen LogP contribution in [0, 0.1) is 5.92 Å². The van der Waals surface area contributed by atoms with Crippen LogP contribution in [0.1, 0.15) is 37.7 Å². The number of esters is 1. The third-order valence-electron chi connectivity index (χ3n) is 4.09. The van der Waals surface area contributed by atoms with Crippen LogP contribution in [-0.2, 0) is 9.53 Å². The lowest BCUT2D eigenvalue weighted by Crippen LogP contribution is -2.42. The summed E-state index contributed by atoms with van der Waals surface area (Å²) in [6, 6.07) is 7.16. The summed E-state index contributed by atoms with van der Waals surface area (Å²) in [6.07, 6.45) is 0.447. The van der Waals surface area contributed by atoms with Gasteiger partial charge in [0.25, 0.3) is 5.91 Å². The summed E-state index contributed by atoms with van der Waals surface area (Å²) < 4.78 is 15.9. The Morgan fingerprint density at radius 1 is 1.15 bits per heavy atom. The van der Waals surface area contributed by atoms with Crippen molar-refractivity contribution in [2.24, 2.45) is 5.92 Å². The largest absolute Gasteiger partial charge is 0.464 e. The van der Waals surface area contributed by atoms with Gasteiger partial charge < -0.3 is 18.9 Å². The molecule has 1 N–H and O–H groups in total. The molecule has 0 radical (unpaired) electrons. The fourth-order valence-corrected chi connectivity index (χ4v) is 2.91. The fraction of sp³-hybridized carbons (Fsp3) is 0.350. The minimum absolute atomic E-state index is 0.0297. The van der Waals surface area contributed by atoms with Crippen molar-refractivity contribution in [2.75, 3.05) is 6.61 Å². The van der Waals surface area contributed by atoms with E-state index >= 15 is 0 Å². The second-order valence-corrected chi connectivity index (χ2v) is 6.67. The van der Waals surface area contributed by atoms with Crippen molar-refractivity contribution in [2.45, 2.75) is 33.2 Å². The minimum atomic E-state index is -0.764. The van der Waals surface area contributed by atoms with Crippen LogP contribution in [0.15, 0.2) is 44.0 Å². The summed E-state index contributed by atoms with van der Waals surface area (Å²) in [5.74, 6) is -0.793. The molecule has 0 saturated heterocycles. The van der Waals surface area contributed by atoms with Crippen molar-refractivity contribution >= 4 is 33.8 Å². The van der Waals surface area contributed by atoms with Gasteiger partial charge in [0.2, 0.25) is 0 Å². The molecule has 2 heterocycles. The second-order valence-electron chi connectivity index (χ2n) is 6.67. The first-order valence-electron chi connectivity index (χ1n) is 8.83. The third kappa shape index (κ3) is 4.02. The predicted molar refractivity (Wildman–Crippen MR) is 99.6 cm³/mol. The molecule has 0 saturated carbocycles. The lowest BCUT2D eigenvalue weighted by Gasteiger charge is -2.18. The zero-order chi connectivity index (χ0) is 19.6. The van der Waals surface area contributed by atoms with E-state index in [0.29, 0.717) is 23.0 Å². The quantitative estimate of drug-likeness (QED) is 0.527. The highest BCUT2D eigenvalue weighted by Gasteiger charge is 2.25. The van der Waals surface area contributed by atoms with Gasteiger partial charge in [-0.25, -0.2) is 9.59 Å². The second kappa shape index (κ2) is 7.65. The van der Waals surface area contributed by atoms with Crippen molar-refractivity contribution in [3.05, 3.63) is 46.5 Å². The van der Waals surface area contributed by atoms with Crippen LogP contribution in [0.3, 0.4) is 0 Å². The Balaban J connectivity index is 1.92. The van der Waals surface area contributed by atoms with E-state index < -0.39 is 23.5 Å². The fourth-order valence-electron chi connectivity index (χ4n) is 2.91. The van der Waals surface area contributed by atoms with Gasteiger partial charge in [0.1, 0.15) is 17.2 Å². The van der Waals surface area contributed by atoms with Crippen LogP contribution in [0.4, 0.5) is 0 Å². The van der Waals surface area contributed by atoms with E-state index in [2.05, 4.69) is 5.32 Å². The molecule has 142 valence electrons. The van der Waals surface area contributed by atoms with E-state index in [4.69, 9.17) is 13.6 Å². The molecule has 0 aliphatic carbocycles. The lowest BCUT2D eigenvalue weighted by atomic mass is 10.0. The average molecular weight is 371 g/mol. The number of hydrogen-bond donors (Lipinski definition) is 1. The van der Waals surface area contributed by atoms with Crippen molar-refractivity contribution < 1.29 is 23.2 Å². The molecule has 0 unspecified atom stereocenters. The average Bonchev–Trinajstić information content (AvgIpc) is 3.06. The highest BCUT2D eigenvalue weighted by Crippen LogP contribution is 2.27. The Hall–Kier alpha value is -3.09. The number of rotatable bonds is 6. The van der Waals surface area contributed by atoms with Crippen LogP contribution >= 0.6 is 0 Å². The SMILES string of the molecule is CCOC(=O)[C@H](CC(C)C)NC(=O)c1cc2c(ccc3ccc(=O)oc32)o1. The van der Waals surface area contributed by atoms with E-state index in [1.807, 2.05) is 13.8 Å². The maximum absolute atomic E-state index is 12.6. The Morgan fingerprint density at radius 2 is 1.89 bits per heavy atom. The van der Waals surface area contributed by atoms with E-state index in [1.54, 1.807) is 25.1 Å². The van der Waals surface area contributed by atoms with Crippen molar-refractivity contribution in [3.63, 3.8) is 0 Å². The molecule has 7 heteroatoms. The lowest BCUT2D eigenvalue weighted by molar-refractivity contribution is -0.145. The Bertz CT molecular complexity index is 1050. The van der Waals surface area contributed by atoms with Crippen LogP contribution in [0.2, 0.25) is 0 Å². The molecule has 2 aromatic heterocycles. The normalized spacial score (nSPS) is 12.4. The summed E-state index contributed by atoms with van der Waals surface area (Å²) in [6.45, 7) is 5.85. The smallest absolute Gasteiger partial charge is 0.336 e. The molecular formula is C20H21NO6. The molecule has 0 aliphatic rings. The zero-order valence-corrected chi connectivity index (χ0v) is 15.4. The first-order chi connectivity index (χ1) is 12.9. The van der Waals surface area contributed by atoms with Gasteiger partial charge in [0, 0.05) is 17.5 Å². The number of fused-ring (bicyclic) bond motifs is 3. The molecule has 1 amide bonds. The Kier molecular flexibility index (Phi) is 5.30. The zero-order valence-electron chi connectivity index (χ0n) is 15.4. The molecule has 0 bridgehead atoms. The highest BCUT2D eigenvalue weighted by atomic mass is 16.5. The maximum atomic E-state index is 12.6. The number of nitrogens with one attached hydrogen (secondary N) is 1. The third-order valence-corrected chi connectivity index (χ3v) is 4.09. The van der Waals surface area contributed by atoms with Gasteiger partial charge >= 0.3 is 11.6 Å². The van der Waals surface area contributed by atoms with Gasteiger partial charge in [-0.3, -0.25) is 4.79 Å². The molecule has 27 heavy (non-hydrogen) atoms. The Labute approximate surface area is 155 Å². The van der Waals surface area contributed by atoms with E-state index in [1.165, 1.54) is 12.1 Å². The van der Waals surface area contributed by atoms with E-state index in [0.717, 1.165) is 5.39 Å². The monoisotopic (exact) mass is 371 g/mol. The van der Waals surface area contributed by atoms with Crippen LogP contribution < -0.4 is 10.9 Å². The molecular weight excluding hydrogens is 350 g/mol. The summed E-state index contributed by atoms with van der Waals surface area (Å²) in [5.41, 5.74) is 0.284. The highest BCUT2D eigenvalue weighted by molar-refractivity contribution is 6.06. The van der Waals surface area contributed by atoms with E-state index in [9.17, 15) is 14.4 Å². The number of ether oxygens (including phenoxy) is 1.